The first kappa shape index (κ1) is 18.9. The molecule has 2 fully saturated rings. The average Bonchev–Trinajstić information content (AvgIpc) is 3.02. The van der Waals surface area contributed by atoms with Gasteiger partial charge in [0.25, 0.3) is 0 Å². The molecule has 2 aromatic rings. The van der Waals surface area contributed by atoms with E-state index in [1.807, 2.05) is 6.07 Å². The Morgan fingerprint density at radius 2 is 1.81 bits per heavy atom. The summed E-state index contributed by atoms with van der Waals surface area (Å²) in [6.45, 7) is 7.31. The number of nitrogens with two attached hydrogens (primary N) is 1. The summed E-state index contributed by atoms with van der Waals surface area (Å²) in [5.41, 5.74) is 10.1. The molecule has 148 valence electrons. The molecule has 1 aliphatic heterocycles. The van der Waals surface area contributed by atoms with Crippen LogP contribution in [0.5, 0.6) is 0 Å². The molecular formula is C23H34FN3. The summed E-state index contributed by atoms with van der Waals surface area (Å²) in [4.78, 5) is 0. The number of aromatic nitrogens is 1. The van der Waals surface area contributed by atoms with Crippen molar-refractivity contribution in [3.05, 3.63) is 35.3 Å². The van der Waals surface area contributed by atoms with Crippen LogP contribution in [0, 0.1) is 17.7 Å². The van der Waals surface area contributed by atoms with Gasteiger partial charge >= 0.3 is 0 Å². The molecule has 2 heterocycles. The van der Waals surface area contributed by atoms with Crippen LogP contribution in [0.3, 0.4) is 0 Å². The van der Waals surface area contributed by atoms with Crippen LogP contribution in [-0.4, -0.2) is 17.7 Å². The maximum Gasteiger partial charge on any atom is 0.123 e. The van der Waals surface area contributed by atoms with Crippen molar-refractivity contribution in [2.45, 2.75) is 70.9 Å². The number of hydrogen-bond donors (Lipinski definition) is 2. The van der Waals surface area contributed by atoms with E-state index in [1.165, 1.54) is 42.5 Å². The molecule has 0 bridgehead atoms. The highest BCUT2D eigenvalue weighted by molar-refractivity contribution is 5.86. The summed E-state index contributed by atoms with van der Waals surface area (Å²) in [6, 6.07) is 5.86. The zero-order chi connectivity index (χ0) is 19.0. The van der Waals surface area contributed by atoms with E-state index in [0.717, 1.165) is 43.2 Å². The van der Waals surface area contributed by atoms with Gasteiger partial charge in [-0.25, -0.2) is 4.39 Å². The van der Waals surface area contributed by atoms with Gasteiger partial charge in [0, 0.05) is 29.2 Å². The van der Waals surface area contributed by atoms with Crippen LogP contribution in [0.15, 0.2) is 18.2 Å². The normalized spacial score (nSPS) is 24.8. The Kier molecular flexibility index (Phi) is 5.56. The topological polar surface area (TPSA) is 43.0 Å². The Bertz CT molecular complexity index is 781. The van der Waals surface area contributed by atoms with Crippen LogP contribution in [0.1, 0.15) is 75.6 Å². The maximum atomic E-state index is 14.2. The molecule has 0 unspecified atom stereocenters. The Balaban J connectivity index is 1.78. The third-order valence-corrected chi connectivity index (χ3v) is 7.10. The molecule has 4 rings (SSSR count). The SMILES string of the molecule is CC(C)[C@H]1CC[C@@H](n2c(CN)c(C3CCNCC3)c3cc(F)ccc32)CC1. The predicted molar refractivity (Wildman–Crippen MR) is 110 cm³/mol. The zero-order valence-corrected chi connectivity index (χ0v) is 16.8. The highest BCUT2D eigenvalue weighted by Gasteiger charge is 2.30. The Morgan fingerprint density at radius 3 is 2.44 bits per heavy atom. The lowest BCUT2D eigenvalue weighted by atomic mass is 9.79. The van der Waals surface area contributed by atoms with Gasteiger partial charge in [0.15, 0.2) is 0 Å². The number of rotatable bonds is 4. The van der Waals surface area contributed by atoms with E-state index >= 15 is 0 Å². The van der Waals surface area contributed by atoms with Gasteiger partial charge in [0.2, 0.25) is 0 Å². The standard InChI is InChI=1S/C23H34FN3/c1-15(2)16-3-6-19(7-4-16)27-21-8-5-18(24)13-20(21)23(22(27)14-25)17-9-11-26-12-10-17/h5,8,13,15-17,19,26H,3-4,6-7,9-12,14,25H2,1-2H3/t16-,19+. The van der Waals surface area contributed by atoms with Gasteiger partial charge in [-0.15, -0.1) is 0 Å². The van der Waals surface area contributed by atoms with Gasteiger partial charge in [-0.05, 0) is 93.1 Å². The number of nitrogens with one attached hydrogen (secondary N) is 1. The number of benzene rings is 1. The molecule has 0 radical (unpaired) electrons. The minimum absolute atomic E-state index is 0.137. The Morgan fingerprint density at radius 1 is 1.11 bits per heavy atom. The number of halogens is 1. The quantitative estimate of drug-likeness (QED) is 0.786. The van der Waals surface area contributed by atoms with Crippen molar-refractivity contribution in [2.75, 3.05) is 13.1 Å². The molecule has 1 aromatic carbocycles. The second-order valence-electron chi connectivity index (χ2n) is 8.93. The van der Waals surface area contributed by atoms with E-state index in [9.17, 15) is 4.39 Å². The van der Waals surface area contributed by atoms with Crippen molar-refractivity contribution >= 4 is 10.9 Å². The largest absolute Gasteiger partial charge is 0.340 e. The number of hydrogen-bond acceptors (Lipinski definition) is 2. The lowest BCUT2D eigenvalue weighted by Crippen LogP contribution is -2.28. The molecule has 0 amide bonds. The maximum absolute atomic E-state index is 14.2. The lowest BCUT2D eigenvalue weighted by molar-refractivity contribution is 0.226. The fourth-order valence-corrected chi connectivity index (χ4v) is 5.58. The molecule has 2 aliphatic rings. The summed E-state index contributed by atoms with van der Waals surface area (Å²) < 4.78 is 16.7. The van der Waals surface area contributed by atoms with Crippen LogP contribution in [0.4, 0.5) is 4.39 Å². The zero-order valence-electron chi connectivity index (χ0n) is 16.8. The van der Waals surface area contributed by atoms with Gasteiger partial charge in [0.05, 0.1) is 0 Å². The lowest BCUT2D eigenvalue weighted by Gasteiger charge is -2.33. The molecular weight excluding hydrogens is 337 g/mol. The Hall–Kier alpha value is -1.39. The molecule has 0 spiro atoms. The van der Waals surface area contributed by atoms with Gasteiger partial charge in [-0.3, -0.25) is 0 Å². The second-order valence-corrected chi connectivity index (χ2v) is 8.93. The van der Waals surface area contributed by atoms with Crippen molar-refractivity contribution in [3.8, 4) is 0 Å². The van der Waals surface area contributed by atoms with Gasteiger partial charge < -0.3 is 15.6 Å². The first-order chi connectivity index (χ1) is 13.1. The highest BCUT2D eigenvalue weighted by Crippen LogP contribution is 2.43. The van der Waals surface area contributed by atoms with E-state index in [1.54, 1.807) is 12.1 Å². The number of nitrogens with zero attached hydrogens (tertiary/aromatic N) is 1. The summed E-state index contributed by atoms with van der Waals surface area (Å²) in [7, 11) is 0. The first-order valence-electron chi connectivity index (χ1n) is 10.8. The van der Waals surface area contributed by atoms with Crippen molar-refractivity contribution in [2.24, 2.45) is 17.6 Å². The summed E-state index contributed by atoms with van der Waals surface area (Å²) in [5.74, 6) is 1.95. The molecule has 1 aliphatic carbocycles. The van der Waals surface area contributed by atoms with Crippen LogP contribution < -0.4 is 11.1 Å². The minimum Gasteiger partial charge on any atom is -0.340 e. The fourth-order valence-electron chi connectivity index (χ4n) is 5.58. The van der Waals surface area contributed by atoms with Crippen molar-refractivity contribution in [1.82, 2.24) is 9.88 Å². The van der Waals surface area contributed by atoms with E-state index in [2.05, 4.69) is 23.7 Å². The summed E-state index contributed by atoms with van der Waals surface area (Å²) >= 11 is 0. The molecule has 27 heavy (non-hydrogen) atoms. The second kappa shape index (κ2) is 7.92. The fraction of sp³-hybridized carbons (Fsp3) is 0.652. The van der Waals surface area contributed by atoms with E-state index in [4.69, 9.17) is 5.73 Å². The van der Waals surface area contributed by atoms with Crippen molar-refractivity contribution in [3.63, 3.8) is 0 Å². The Labute approximate surface area is 162 Å². The van der Waals surface area contributed by atoms with Gasteiger partial charge in [-0.2, -0.15) is 0 Å². The smallest absolute Gasteiger partial charge is 0.123 e. The van der Waals surface area contributed by atoms with Crippen LogP contribution >= 0.6 is 0 Å². The van der Waals surface area contributed by atoms with Crippen LogP contribution in [0.2, 0.25) is 0 Å². The van der Waals surface area contributed by atoms with Gasteiger partial charge in [0.1, 0.15) is 5.82 Å². The summed E-state index contributed by atoms with van der Waals surface area (Å²) in [5, 5.41) is 4.56. The molecule has 1 aromatic heterocycles. The first-order valence-corrected chi connectivity index (χ1v) is 10.8. The molecule has 3 nitrogen and oxygen atoms in total. The molecule has 3 N–H and O–H groups in total. The van der Waals surface area contributed by atoms with E-state index in [0.29, 0.717) is 18.5 Å². The number of piperidine rings is 1. The van der Waals surface area contributed by atoms with Crippen LogP contribution in [-0.2, 0) is 6.54 Å². The molecule has 0 atom stereocenters. The van der Waals surface area contributed by atoms with E-state index < -0.39 is 0 Å². The third-order valence-electron chi connectivity index (χ3n) is 7.10. The van der Waals surface area contributed by atoms with Gasteiger partial charge in [-0.1, -0.05) is 13.8 Å². The third kappa shape index (κ3) is 3.54. The summed E-state index contributed by atoms with van der Waals surface area (Å²) in [6.07, 6.45) is 7.22. The minimum atomic E-state index is -0.137. The number of fused-ring (bicyclic) bond motifs is 1. The monoisotopic (exact) mass is 371 g/mol. The molecule has 1 saturated heterocycles. The highest BCUT2D eigenvalue weighted by atomic mass is 19.1. The average molecular weight is 372 g/mol. The molecule has 4 heteroatoms. The van der Waals surface area contributed by atoms with E-state index in [-0.39, 0.29) is 5.82 Å². The predicted octanol–water partition coefficient (Wildman–Crippen LogP) is 5.09. The van der Waals surface area contributed by atoms with Crippen LogP contribution in [0.25, 0.3) is 10.9 Å². The van der Waals surface area contributed by atoms with Crippen molar-refractivity contribution in [1.29, 1.82) is 0 Å². The molecule has 1 saturated carbocycles. The van der Waals surface area contributed by atoms with Crippen molar-refractivity contribution < 1.29 is 4.39 Å².